The summed E-state index contributed by atoms with van der Waals surface area (Å²) in [5.74, 6) is -1.11. The van der Waals surface area contributed by atoms with Gasteiger partial charge < -0.3 is 10.4 Å². The van der Waals surface area contributed by atoms with Crippen LogP contribution in [0.25, 0.3) is 22.2 Å². The van der Waals surface area contributed by atoms with Crippen LogP contribution in [0.3, 0.4) is 0 Å². The number of fused-ring (bicyclic) bond motifs is 1. The molecule has 7 nitrogen and oxygen atoms in total. The number of amides is 1. The number of aromatic carboxylic acids is 1. The molecular formula is C28H24N4O3S. The van der Waals surface area contributed by atoms with E-state index in [1.165, 1.54) is 11.8 Å². The van der Waals surface area contributed by atoms with Crippen LogP contribution in [-0.2, 0) is 11.2 Å². The van der Waals surface area contributed by atoms with Crippen molar-refractivity contribution in [2.45, 2.75) is 31.2 Å². The molecule has 0 saturated heterocycles. The SMILES string of the molecule is CCCCc1ccc(C#N)c(SCC(=O)Nc2ccc(-c3cc(C(=O)O)c4ccccc4n3)cc2)n1. The Labute approximate surface area is 213 Å². The number of carboxylic acid groups (broad SMARTS) is 1. The van der Waals surface area contributed by atoms with E-state index < -0.39 is 5.97 Å². The molecule has 2 aromatic heterocycles. The predicted molar refractivity (Wildman–Crippen MR) is 141 cm³/mol. The highest BCUT2D eigenvalue weighted by Gasteiger charge is 2.13. The number of carbonyl (C=O) groups is 2. The lowest BCUT2D eigenvalue weighted by molar-refractivity contribution is -0.113. The molecule has 0 saturated carbocycles. The van der Waals surface area contributed by atoms with E-state index in [1.807, 2.05) is 12.1 Å². The third kappa shape index (κ3) is 5.88. The van der Waals surface area contributed by atoms with Gasteiger partial charge in [-0.05, 0) is 49.2 Å². The fourth-order valence-corrected chi connectivity index (χ4v) is 4.52. The van der Waals surface area contributed by atoms with Crippen molar-refractivity contribution in [2.75, 3.05) is 11.1 Å². The van der Waals surface area contributed by atoms with Crippen molar-refractivity contribution in [3.63, 3.8) is 0 Å². The van der Waals surface area contributed by atoms with Gasteiger partial charge in [0, 0.05) is 22.3 Å². The largest absolute Gasteiger partial charge is 0.478 e. The monoisotopic (exact) mass is 496 g/mol. The molecule has 0 aliphatic heterocycles. The first kappa shape index (κ1) is 24.9. The average Bonchev–Trinajstić information content (AvgIpc) is 2.90. The fraction of sp³-hybridized carbons (Fsp3) is 0.179. The zero-order valence-electron chi connectivity index (χ0n) is 19.7. The number of benzene rings is 2. The van der Waals surface area contributed by atoms with Crippen LogP contribution in [-0.4, -0.2) is 32.7 Å². The van der Waals surface area contributed by atoms with Crippen LogP contribution < -0.4 is 5.32 Å². The lowest BCUT2D eigenvalue weighted by Crippen LogP contribution is -2.14. The molecule has 36 heavy (non-hydrogen) atoms. The van der Waals surface area contributed by atoms with Crippen LogP contribution in [0.15, 0.2) is 71.8 Å². The highest BCUT2D eigenvalue weighted by atomic mass is 32.2. The summed E-state index contributed by atoms with van der Waals surface area (Å²) >= 11 is 1.24. The molecule has 0 aliphatic rings. The molecular weight excluding hydrogens is 472 g/mol. The maximum atomic E-state index is 12.5. The second kappa shape index (κ2) is 11.5. The number of nitriles is 1. The molecule has 0 fully saturated rings. The molecule has 2 N–H and O–H groups in total. The Bertz CT molecular complexity index is 1460. The minimum atomic E-state index is -1.01. The van der Waals surface area contributed by atoms with Crippen LogP contribution >= 0.6 is 11.8 Å². The topological polar surface area (TPSA) is 116 Å². The van der Waals surface area contributed by atoms with E-state index >= 15 is 0 Å². The van der Waals surface area contributed by atoms with E-state index in [4.69, 9.17) is 0 Å². The Balaban J connectivity index is 1.44. The number of hydrogen-bond donors (Lipinski definition) is 2. The Morgan fingerprint density at radius 2 is 1.83 bits per heavy atom. The molecule has 0 aliphatic carbocycles. The van der Waals surface area contributed by atoms with Crippen LogP contribution in [0.4, 0.5) is 5.69 Å². The molecule has 0 bridgehead atoms. The number of thioether (sulfide) groups is 1. The van der Waals surface area contributed by atoms with Gasteiger partial charge in [-0.15, -0.1) is 0 Å². The lowest BCUT2D eigenvalue weighted by Gasteiger charge is -2.09. The zero-order chi connectivity index (χ0) is 25.5. The Morgan fingerprint density at radius 1 is 1.06 bits per heavy atom. The number of anilines is 1. The summed E-state index contributed by atoms with van der Waals surface area (Å²) in [6.45, 7) is 2.11. The molecule has 4 aromatic rings. The number of carboxylic acids is 1. The van der Waals surface area contributed by atoms with Gasteiger partial charge in [0.15, 0.2) is 0 Å². The third-order valence-corrected chi connectivity index (χ3v) is 6.57. The Morgan fingerprint density at radius 3 is 2.56 bits per heavy atom. The lowest BCUT2D eigenvalue weighted by atomic mass is 10.0. The molecule has 180 valence electrons. The summed E-state index contributed by atoms with van der Waals surface area (Å²) in [6, 6.07) is 21.5. The molecule has 2 heterocycles. The van der Waals surface area contributed by atoms with Gasteiger partial charge in [0.05, 0.1) is 28.1 Å². The highest BCUT2D eigenvalue weighted by molar-refractivity contribution is 8.00. The number of carbonyl (C=O) groups excluding carboxylic acids is 1. The predicted octanol–water partition coefficient (Wildman–Crippen LogP) is 5.94. The van der Waals surface area contributed by atoms with E-state index in [0.717, 1.165) is 30.5 Å². The number of rotatable bonds is 9. The number of para-hydroxylation sites is 1. The zero-order valence-corrected chi connectivity index (χ0v) is 20.5. The number of unbranched alkanes of at least 4 members (excludes halogenated alkanes) is 1. The molecule has 2 aromatic carbocycles. The van der Waals surface area contributed by atoms with Crippen molar-refractivity contribution in [3.05, 3.63) is 83.6 Å². The first-order valence-corrected chi connectivity index (χ1v) is 12.5. The maximum absolute atomic E-state index is 12.5. The first-order chi connectivity index (χ1) is 17.5. The van der Waals surface area contributed by atoms with Crippen molar-refractivity contribution in [3.8, 4) is 17.3 Å². The number of aromatic nitrogens is 2. The number of hydrogen-bond acceptors (Lipinski definition) is 6. The fourth-order valence-electron chi connectivity index (χ4n) is 3.73. The number of nitrogens with zero attached hydrogens (tertiary/aromatic N) is 3. The van der Waals surface area contributed by atoms with Crippen LogP contribution in [0.2, 0.25) is 0 Å². The van der Waals surface area contributed by atoms with Gasteiger partial charge in [-0.1, -0.05) is 55.4 Å². The minimum absolute atomic E-state index is 0.120. The van der Waals surface area contributed by atoms with E-state index in [-0.39, 0.29) is 17.2 Å². The summed E-state index contributed by atoms with van der Waals surface area (Å²) < 4.78 is 0. The normalized spacial score (nSPS) is 10.7. The van der Waals surface area contributed by atoms with Gasteiger partial charge in [0.2, 0.25) is 5.91 Å². The summed E-state index contributed by atoms with van der Waals surface area (Å²) in [5.41, 5.74) is 4.05. The quantitative estimate of drug-likeness (QED) is 0.275. The second-order valence-electron chi connectivity index (χ2n) is 8.16. The van der Waals surface area contributed by atoms with Crippen LogP contribution in [0.1, 0.15) is 41.4 Å². The number of pyridine rings is 2. The van der Waals surface area contributed by atoms with Crippen molar-refractivity contribution < 1.29 is 14.7 Å². The van der Waals surface area contributed by atoms with Crippen molar-refractivity contribution in [1.82, 2.24) is 9.97 Å². The van der Waals surface area contributed by atoms with E-state index in [0.29, 0.717) is 32.9 Å². The second-order valence-corrected chi connectivity index (χ2v) is 9.13. The van der Waals surface area contributed by atoms with Gasteiger partial charge in [-0.3, -0.25) is 4.79 Å². The van der Waals surface area contributed by atoms with Gasteiger partial charge >= 0.3 is 5.97 Å². The Kier molecular flexibility index (Phi) is 7.93. The van der Waals surface area contributed by atoms with E-state index in [9.17, 15) is 20.0 Å². The first-order valence-electron chi connectivity index (χ1n) is 11.5. The maximum Gasteiger partial charge on any atom is 0.336 e. The molecule has 8 heteroatoms. The van der Waals surface area contributed by atoms with Crippen LogP contribution in [0, 0.1) is 11.3 Å². The van der Waals surface area contributed by atoms with Gasteiger partial charge in [0.1, 0.15) is 11.1 Å². The molecule has 0 unspecified atom stereocenters. The van der Waals surface area contributed by atoms with E-state index in [2.05, 4.69) is 28.3 Å². The molecule has 4 rings (SSSR count). The summed E-state index contributed by atoms with van der Waals surface area (Å²) in [5, 5.41) is 23.0. The molecule has 0 spiro atoms. The number of nitrogens with one attached hydrogen (secondary N) is 1. The van der Waals surface area contributed by atoms with Crippen LogP contribution in [0.5, 0.6) is 0 Å². The smallest absolute Gasteiger partial charge is 0.336 e. The summed E-state index contributed by atoms with van der Waals surface area (Å²) in [7, 11) is 0. The third-order valence-electron chi connectivity index (χ3n) is 5.58. The highest BCUT2D eigenvalue weighted by Crippen LogP contribution is 2.26. The van der Waals surface area contributed by atoms with Gasteiger partial charge in [-0.25, -0.2) is 14.8 Å². The van der Waals surface area contributed by atoms with Gasteiger partial charge in [-0.2, -0.15) is 5.26 Å². The van der Waals surface area contributed by atoms with E-state index in [1.54, 1.807) is 54.6 Å². The Hall–Kier alpha value is -4.22. The molecule has 1 amide bonds. The number of aryl methyl sites for hydroxylation is 1. The minimum Gasteiger partial charge on any atom is -0.478 e. The van der Waals surface area contributed by atoms with Gasteiger partial charge in [0.25, 0.3) is 0 Å². The molecule has 0 radical (unpaired) electrons. The van der Waals surface area contributed by atoms with Crippen molar-refractivity contribution >= 4 is 40.2 Å². The summed E-state index contributed by atoms with van der Waals surface area (Å²) in [4.78, 5) is 33.4. The molecule has 0 atom stereocenters. The van der Waals surface area contributed by atoms with Crippen molar-refractivity contribution in [1.29, 1.82) is 5.26 Å². The van der Waals surface area contributed by atoms with Crippen molar-refractivity contribution in [2.24, 2.45) is 0 Å². The average molecular weight is 497 g/mol. The standard InChI is InChI=1S/C28H24N4O3S/c1-2-3-6-20-14-11-19(16-29)27(31-20)36-17-26(33)30-21-12-9-18(10-13-21)25-15-23(28(34)35)22-7-4-5-8-24(22)32-25/h4-5,7-15H,2-3,6,17H2,1H3,(H,30,33)(H,34,35). The summed E-state index contributed by atoms with van der Waals surface area (Å²) in [6.07, 6.45) is 2.92.